The van der Waals surface area contributed by atoms with Gasteiger partial charge in [-0.3, -0.25) is 4.68 Å². The summed E-state index contributed by atoms with van der Waals surface area (Å²) in [5, 5.41) is 6.17. The van der Waals surface area contributed by atoms with Crippen molar-refractivity contribution in [1.82, 2.24) is 9.78 Å². The van der Waals surface area contributed by atoms with Gasteiger partial charge >= 0.3 is 0 Å². The van der Waals surface area contributed by atoms with Gasteiger partial charge in [-0.15, -0.1) is 0 Å². The first-order valence-corrected chi connectivity index (χ1v) is 6.06. The van der Waals surface area contributed by atoms with Crippen molar-refractivity contribution in [3.05, 3.63) is 59.2 Å². The molecule has 18 heavy (non-hydrogen) atoms. The van der Waals surface area contributed by atoms with Crippen LogP contribution in [-0.2, 0) is 6.54 Å². The largest absolute Gasteiger partial charge is 0.398 e. The number of anilines is 1. The fourth-order valence-corrected chi connectivity index (χ4v) is 2.20. The van der Waals surface area contributed by atoms with E-state index in [1.54, 1.807) is 6.07 Å². The number of nitrogens with zero attached hydrogens (tertiary/aromatic N) is 2. The second-order valence-electron chi connectivity index (χ2n) is 4.20. The van der Waals surface area contributed by atoms with E-state index in [-0.39, 0.29) is 0 Å². The molecular formula is C14H12ClN3. The molecule has 2 N–H and O–H groups in total. The predicted octanol–water partition coefficient (Wildman–Crippen LogP) is 3.32. The number of hydrogen-bond acceptors (Lipinski definition) is 2. The molecule has 0 saturated heterocycles. The van der Waals surface area contributed by atoms with Crippen LogP contribution in [0.25, 0.3) is 10.9 Å². The molecule has 4 heteroatoms. The zero-order valence-electron chi connectivity index (χ0n) is 9.68. The van der Waals surface area contributed by atoms with E-state index in [0.29, 0.717) is 17.3 Å². The van der Waals surface area contributed by atoms with Crippen molar-refractivity contribution in [2.24, 2.45) is 0 Å². The Morgan fingerprint density at radius 3 is 2.83 bits per heavy atom. The highest BCUT2D eigenvalue weighted by atomic mass is 35.5. The molecule has 3 rings (SSSR count). The van der Waals surface area contributed by atoms with Gasteiger partial charge in [-0.2, -0.15) is 5.10 Å². The fourth-order valence-electron chi connectivity index (χ4n) is 2.02. The minimum Gasteiger partial charge on any atom is -0.398 e. The molecule has 0 unspecified atom stereocenters. The minimum atomic E-state index is 0.649. The molecule has 2 aromatic carbocycles. The van der Waals surface area contributed by atoms with E-state index in [1.807, 2.05) is 41.2 Å². The Morgan fingerprint density at radius 1 is 1.17 bits per heavy atom. The zero-order chi connectivity index (χ0) is 12.5. The summed E-state index contributed by atoms with van der Waals surface area (Å²) in [6.07, 6.45) is 1.86. The number of hydrogen-bond donors (Lipinski definition) is 1. The van der Waals surface area contributed by atoms with E-state index in [1.165, 1.54) is 0 Å². The second kappa shape index (κ2) is 4.35. The fraction of sp³-hybridized carbons (Fsp3) is 0.0714. The molecule has 0 saturated carbocycles. The van der Waals surface area contributed by atoms with Crippen LogP contribution >= 0.6 is 11.6 Å². The van der Waals surface area contributed by atoms with Crippen molar-refractivity contribution < 1.29 is 0 Å². The number of rotatable bonds is 2. The lowest BCUT2D eigenvalue weighted by atomic mass is 10.2. The molecule has 0 aliphatic rings. The zero-order valence-corrected chi connectivity index (χ0v) is 10.4. The number of fused-ring (bicyclic) bond motifs is 1. The average Bonchev–Trinajstić information content (AvgIpc) is 2.76. The van der Waals surface area contributed by atoms with Crippen molar-refractivity contribution in [3.8, 4) is 0 Å². The van der Waals surface area contributed by atoms with Crippen LogP contribution in [0, 0.1) is 0 Å². The van der Waals surface area contributed by atoms with Gasteiger partial charge in [0, 0.05) is 16.1 Å². The van der Waals surface area contributed by atoms with E-state index < -0.39 is 0 Å². The van der Waals surface area contributed by atoms with E-state index in [9.17, 15) is 0 Å². The van der Waals surface area contributed by atoms with Crippen LogP contribution < -0.4 is 5.73 Å². The number of benzene rings is 2. The monoisotopic (exact) mass is 257 g/mol. The Hall–Kier alpha value is -2.00. The molecule has 0 aliphatic heterocycles. The molecule has 0 amide bonds. The first-order valence-electron chi connectivity index (χ1n) is 5.68. The first-order chi connectivity index (χ1) is 8.74. The highest BCUT2D eigenvalue weighted by Gasteiger charge is 2.05. The van der Waals surface area contributed by atoms with Gasteiger partial charge < -0.3 is 5.73 Å². The van der Waals surface area contributed by atoms with Crippen molar-refractivity contribution >= 4 is 28.2 Å². The third-order valence-corrected chi connectivity index (χ3v) is 3.21. The molecule has 0 bridgehead atoms. The maximum absolute atomic E-state index is 5.96. The molecule has 90 valence electrons. The topological polar surface area (TPSA) is 43.8 Å². The summed E-state index contributed by atoms with van der Waals surface area (Å²) in [6.45, 7) is 0.649. The summed E-state index contributed by atoms with van der Waals surface area (Å²) >= 11 is 5.89. The minimum absolute atomic E-state index is 0.649. The Bertz CT molecular complexity index is 703. The number of para-hydroxylation sites is 1. The molecule has 3 nitrogen and oxygen atoms in total. The van der Waals surface area contributed by atoms with Gasteiger partial charge in [0.2, 0.25) is 0 Å². The first kappa shape index (κ1) is 11.1. The smallest absolute Gasteiger partial charge is 0.0686 e. The van der Waals surface area contributed by atoms with Gasteiger partial charge in [0.05, 0.1) is 18.3 Å². The van der Waals surface area contributed by atoms with Crippen LogP contribution in [0.4, 0.5) is 5.69 Å². The van der Waals surface area contributed by atoms with Gasteiger partial charge in [0.15, 0.2) is 0 Å². The SMILES string of the molecule is Nc1cc(Cl)ccc1Cn1ncc2ccccc21. The lowest BCUT2D eigenvalue weighted by Crippen LogP contribution is -2.04. The molecule has 0 atom stereocenters. The van der Waals surface area contributed by atoms with Crippen molar-refractivity contribution in [2.75, 3.05) is 5.73 Å². The highest BCUT2D eigenvalue weighted by molar-refractivity contribution is 6.30. The van der Waals surface area contributed by atoms with Gasteiger partial charge in [0.1, 0.15) is 0 Å². The third-order valence-electron chi connectivity index (χ3n) is 2.98. The summed E-state index contributed by atoms with van der Waals surface area (Å²) in [5.41, 5.74) is 8.78. The number of halogens is 1. The number of nitrogen functional groups attached to an aromatic ring is 1. The second-order valence-corrected chi connectivity index (χ2v) is 4.64. The Kier molecular flexibility index (Phi) is 2.68. The summed E-state index contributed by atoms with van der Waals surface area (Å²) in [5.74, 6) is 0. The molecule has 1 aromatic heterocycles. The van der Waals surface area contributed by atoms with E-state index in [4.69, 9.17) is 17.3 Å². The summed E-state index contributed by atoms with van der Waals surface area (Å²) in [7, 11) is 0. The molecule has 0 spiro atoms. The van der Waals surface area contributed by atoms with E-state index >= 15 is 0 Å². The third kappa shape index (κ3) is 1.93. The molecule has 3 aromatic rings. The number of aromatic nitrogens is 2. The van der Waals surface area contributed by atoms with E-state index in [0.717, 1.165) is 16.5 Å². The van der Waals surface area contributed by atoms with Crippen LogP contribution in [0.3, 0.4) is 0 Å². The van der Waals surface area contributed by atoms with Crippen LogP contribution in [0.15, 0.2) is 48.7 Å². The van der Waals surface area contributed by atoms with Crippen LogP contribution in [0.1, 0.15) is 5.56 Å². The van der Waals surface area contributed by atoms with E-state index in [2.05, 4.69) is 11.2 Å². The molecule has 1 heterocycles. The Morgan fingerprint density at radius 2 is 2.00 bits per heavy atom. The van der Waals surface area contributed by atoms with Crippen LogP contribution in [0.5, 0.6) is 0 Å². The van der Waals surface area contributed by atoms with Crippen molar-refractivity contribution in [2.45, 2.75) is 6.54 Å². The van der Waals surface area contributed by atoms with Gasteiger partial charge in [-0.05, 0) is 23.8 Å². The standard InChI is InChI=1S/C14H12ClN3/c15-12-6-5-11(13(16)7-12)9-18-14-4-2-1-3-10(14)8-17-18/h1-8H,9,16H2. The number of nitrogens with two attached hydrogens (primary N) is 1. The molecule has 0 aliphatic carbocycles. The normalized spacial score (nSPS) is 10.9. The van der Waals surface area contributed by atoms with Gasteiger partial charge in [0.25, 0.3) is 0 Å². The van der Waals surface area contributed by atoms with Crippen LogP contribution in [0.2, 0.25) is 5.02 Å². The highest BCUT2D eigenvalue weighted by Crippen LogP contribution is 2.20. The summed E-state index contributed by atoms with van der Waals surface area (Å²) in [6, 6.07) is 13.7. The average molecular weight is 258 g/mol. The lowest BCUT2D eigenvalue weighted by Gasteiger charge is -2.07. The maximum atomic E-state index is 5.96. The Labute approximate surface area is 110 Å². The molecule has 0 radical (unpaired) electrons. The molecule has 0 fully saturated rings. The van der Waals surface area contributed by atoms with Gasteiger partial charge in [-0.1, -0.05) is 35.9 Å². The molecular weight excluding hydrogens is 246 g/mol. The Balaban J connectivity index is 2.01. The maximum Gasteiger partial charge on any atom is 0.0686 e. The lowest BCUT2D eigenvalue weighted by molar-refractivity contribution is 0.713. The predicted molar refractivity (Wildman–Crippen MR) is 74.7 cm³/mol. The van der Waals surface area contributed by atoms with Crippen molar-refractivity contribution in [1.29, 1.82) is 0 Å². The van der Waals surface area contributed by atoms with Gasteiger partial charge in [-0.25, -0.2) is 0 Å². The quantitative estimate of drug-likeness (QED) is 0.716. The van der Waals surface area contributed by atoms with Crippen molar-refractivity contribution in [3.63, 3.8) is 0 Å². The summed E-state index contributed by atoms with van der Waals surface area (Å²) in [4.78, 5) is 0. The summed E-state index contributed by atoms with van der Waals surface area (Å²) < 4.78 is 1.94. The van der Waals surface area contributed by atoms with Crippen LogP contribution in [-0.4, -0.2) is 9.78 Å².